The van der Waals surface area contributed by atoms with Gasteiger partial charge in [0.05, 0.1) is 17.5 Å². The van der Waals surface area contributed by atoms with Crippen molar-refractivity contribution in [2.24, 2.45) is 0 Å². The molecule has 0 saturated heterocycles. The number of carbonyl (C=O) groups excluding carboxylic acids is 1. The number of rotatable bonds is 3. The molecule has 98 valence electrons. The van der Waals surface area contributed by atoms with E-state index in [1.165, 1.54) is 0 Å². The molecule has 2 rings (SSSR count). The van der Waals surface area contributed by atoms with E-state index in [1.807, 2.05) is 24.3 Å². The van der Waals surface area contributed by atoms with Crippen molar-refractivity contribution in [1.29, 1.82) is 0 Å². The van der Waals surface area contributed by atoms with Gasteiger partial charge in [-0.2, -0.15) is 0 Å². The maximum Gasteiger partial charge on any atom is 0.246 e. The Morgan fingerprint density at radius 3 is 2.83 bits per heavy atom. The zero-order chi connectivity index (χ0) is 13.1. The van der Waals surface area contributed by atoms with E-state index in [0.717, 1.165) is 11.4 Å². The minimum absolute atomic E-state index is 0.0158. The van der Waals surface area contributed by atoms with Crippen molar-refractivity contribution in [3.05, 3.63) is 24.3 Å². The molecule has 0 radical (unpaired) electrons. The Kier molecular flexibility index (Phi) is 3.72. The SMILES string of the molecule is CC(O)CN(C)C(=O)C1CNc2ccccc2N1. The molecule has 0 saturated carbocycles. The standard InChI is InChI=1S/C13H19N3O2/c1-9(17)8-16(2)13(18)12-7-14-10-5-3-4-6-11(10)15-12/h3-6,9,12,14-15,17H,7-8H2,1-2H3. The van der Waals surface area contributed by atoms with Gasteiger partial charge in [0.2, 0.25) is 5.91 Å². The lowest BCUT2D eigenvalue weighted by Crippen LogP contribution is -2.48. The third-order valence-electron chi connectivity index (χ3n) is 2.97. The lowest BCUT2D eigenvalue weighted by atomic mass is 10.1. The van der Waals surface area contributed by atoms with Gasteiger partial charge in [-0.05, 0) is 19.1 Å². The highest BCUT2D eigenvalue weighted by atomic mass is 16.3. The number of fused-ring (bicyclic) bond motifs is 1. The number of hydrogen-bond donors (Lipinski definition) is 3. The zero-order valence-corrected chi connectivity index (χ0v) is 10.7. The number of aliphatic hydroxyl groups excluding tert-OH is 1. The van der Waals surface area contributed by atoms with Gasteiger partial charge in [0.15, 0.2) is 0 Å². The Morgan fingerprint density at radius 1 is 1.50 bits per heavy atom. The van der Waals surface area contributed by atoms with Gasteiger partial charge in [0.1, 0.15) is 6.04 Å². The maximum atomic E-state index is 12.2. The fraction of sp³-hybridized carbons (Fsp3) is 0.462. The average molecular weight is 249 g/mol. The molecule has 5 nitrogen and oxygen atoms in total. The molecule has 3 N–H and O–H groups in total. The van der Waals surface area contributed by atoms with Gasteiger partial charge in [0, 0.05) is 20.1 Å². The summed E-state index contributed by atoms with van der Waals surface area (Å²) in [5, 5.41) is 15.7. The van der Waals surface area contributed by atoms with Crippen LogP contribution in [0.1, 0.15) is 6.92 Å². The first-order valence-corrected chi connectivity index (χ1v) is 6.10. The fourth-order valence-corrected chi connectivity index (χ4v) is 2.12. The van der Waals surface area contributed by atoms with Gasteiger partial charge in [-0.1, -0.05) is 12.1 Å². The quantitative estimate of drug-likeness (QED) is 0.739. The third kappa shape index (κ3) is 2.73. The van der Waals surface area contributed by atoms with Gasteiger partial charge in [-0.15, -0.1) is 0 Å². The van der Waals surface area contributed by atoms with Crippen LogP contribution in [0.4, 0.5) is 11.4 Å². The van der Waals surface area contributed by atoms with Gasteiger partial charge >= 0.3 is 0 Å². The second-order valence-corrected chi connectivity index (χ2v) is 4.69. The molecular formula is C13H19N3O2. The molecular weight excluding hydrogens is 230 g/mol. The molecule has 1 amide bonds. The molecule has 1 aromatic carbocycles. The predicted molar refractivity (Wildman–Crippen MR) is 71.7 cm³/mol. The number of para-hydroxylation sites is 2. The molecule has 0 aliphatic carbocycles. The van der Waals surface area contributed by atoms with Crippen LogP contribution in [0.5, 0.6) is 0 Å². The molecule has 1 heterocycles. The summed E-state index contributed by atoms with van der Waals surface area (Å²) in [6.45, 7) is 2.57. The van der Waals surface area contributed by atoms with Gasteiger partial charge in [0.25, 0.3) is 0 Å². The van der Waals surface area contributed by atoms with Crippen molar-refractivity contribution < 1.29 is 9.90 Å². The Balaban J connectivity index is 2.02. The van der Waals surface area contributed by atoms with E-state index in [4.69, 9.17) is 0 Å². The Bertz CT molecular complexity index is 434. The predicted octanol–water partition coefficient (Wildman–Crippen LogP) is 0.732. The minimum Gasteiger partial charge on any atom is -0.392 e. The number of anilines is 2. The Hall–Kier alpha value is -1.75. The topological polar surface area (TPSA) is 64.6 Å². The van der Waals surface area contributed by atoms with E-state index in [0.29, 0.717) is 13.1 Å². The number of carbonyl (C=O) groups is 1. The van der Waals surface area contributed by atoms with Crippen molar-refractivity contribution >= 4 is 17.3 Å². The number of nitrogens with one attached hydrogen (secondary N) is 2. The fourth-order valence-electron chi connectivity index (χ4n) is 2.12. The number of nitrogens with zero attached hydrogens (tertiary/aromatic N) is 1. The van der Waals surface area contributed by atoms with E-state index >= 15 is 0 Å². The second kappa shape index (κ2) is 5.27. The minimum atomic E-state index is -0.511. The summed E-state index contributed by atoms with van der Waals surface area (Å²) in [4.78, 5) is 13.7. The van der Waals surface area contributed by atoms with Gasteiger partial charge in [-0.25, -0.2) is 0 Å². The molecule has 1 aliphatic heterocycles. The van der Waals surface area contributed by atoms with Crippen molar-refractivity contribution in [3.63, 3.8) is 0 Å². The average Bonchev–Trinajstić information content (AvgIpc) is 2.36. The van der Waals surface area contributed by atoms with Crippen LogP contribution in [0.15, 0.2) is 24.3 Å². The highest BCUT2D eigenvalue weighted by molar-refractivity contribution is 5.88. The first-order valence-electron chi connectivity index (χ1n) is 6.10. The van der Waals surface area contributed by atoms with E-state index in [-0.39, 0.29) is 11.9 Å². The first-order chi connectivity index (χ1) is 8.58. The Labute approximate surface area is 107 Å². The lowest BCUT2D eigenvalue weighted by molar-refractivity contribution is -0.131. The van der Waals surface area contributed by atoms with E-state index < -0.39 is 6.10 Å². The second-order valence-electron chi connectivity index (χ2n) is 4.69. The van der Waals surface area contributed by atoms with Crippen molar-refractivity contribution in [3.8, 4) is 0 Å². The molecule has 2 unspecified atom stereocenters. The van der Waals surface area contributed by atoms with Crippen molar-refractivity contribution in [2.45, 2.75) is 19.1 Å². The van der Waals surface area contributed by atoms with E-state index in [1.54, 1.807) is 18.9 Å². The molecule has 0 fully saturated rings. The summed E-state index contributed by atoms with van der Waals surface area (Å²) in [6.07, 6.45) is -0.511. The van der Waals surface area contributed by atoms with Crippen LogP contribution in [0.2, 0.25) is 0 Å². The molecule has 18 heavy (non-hydrogen) atoms. The van der Waals surface area contributed by atoms with Crippen LogP contribution in [-0.4, -0.2) is 48.2 Å². The Morgan fingerprint density at radius 2 is 2.17 bits per heavy atom. The summed E-state index contributed by atoms with van der Waals surface area (Å²) in [5.41, 5.74) is 1.95. The van der Waals surface area contributed by atoms with E-state index in [2.05, 4.69) is 10.6 Å². The van der Waals surface area contributed by atoms with Crippen LogP contribution in [0, 0.1) is 0 Å². The molecule has 0 spiro atoms. The molecule has 5 heteroatoms. The zero-order valence-electron chi connectivity index (χ0n) is 10.7. The van der Waals surface area contributed by atoms with Crippen LogP contribution < -0.4 is 10.6 Å². The van der Waals surface area contributed by atoms with Gasteiger partial charge < -0.3 is 20.6 Å². The molecule has 1 aromatic rings. The van der Waals surface area contributed by atoms with Gasteiger partial charge in [-0.3, -0.25) is 4.79 Å². The van der Waals surface area contributed by atoms with Crippen molar-refractivity contribution in [2.75, 3.05) is 30.8 Å². The van der Waals surface area contributed by atoms with Crippen LogP contribution >= 0.6 is 0 Å². The number of likely N-dealkylation sites (N-methyl/N-ethyl adjacent to an activating group) is 1. The van der Waals surface area contributed by atoms with Crippen molar-refractivity contribution in [1.82, 2.24) is 4.90 Å². The summed E-state index contributed by atoms with van der Waals surface area (Å²) < 4.78 is 0. The summed E-state index contributed by atoms with van der Waals surface area (Å²) in [6, 6.07) is 7.51. The molecule has 2 atom stereocenters. The highest BCUT2D eigenvalue weighted by Gasteiger charge is 2.26. The molecule has 0 bridgehead atoms. The van der Waals surface area contributed by atoms with Crippen LogP contribution in [0.25, 0.3) is 0 Å². The number of amides is 1. The number of benzene rings is 1. The summed E-state index contributed by atoms with van der Waals surface area (Å²) >= 11 is 0. The normalized spacial score (nSPS) is 19.2. The largest absolute Gasteiger partial charge is 0.392 e. The molecule has 1 aliphatic rings. The number of aliphatic hydroxyl groups is 1. The van der Waals surface area contributed by atoms with E-state index in [9.17, 15) is 9.90 Å². The summed E-state index contributed by atoms with van der Waals surface area (Å²) in [7, 11) is 1.71. The monoisotopic (exact) mass is 249 g/mol. The highest BCUT2D eigenvalue weighted by Crippen LogP contribution is 2.25. The maximum absolute atomic E-state index is 12.2. The summed E-state index contributed by atoms with van der Waals surface area (Å²) in [5.74, 6) is -0.0158. The van der Waals surface area contributed by atoms with Crippen LogP contribution in [-0.2, 0) is 4.79 Å². The third-order valence-corrected chi connectivity index (χ3v) is 2.97. The first kappa shape index (κ1) is 12.7. The molecule has 0 aromatic heterocycles. The van der Waals surface area contributed by atoms with Crippen LogP contribution in [0.3, 0.4) is 0 Å². The smallest absolute Gasteiger partial charge is 0.246 e. The number of hydrogen-bond acceptors (Lipinski definition) is 4. The lowest BCUT2D eigenvalue weighted by Gasteiger charge is -2.30.